The highest BCUT2D eigenvalue weighted by atomic mass is 35.5. The van der Waals surface area contributed by atoms with Crippen LogP contribution in [0.25, 0.3) is 22.2 Å². The Balaban J connectivity index is 1.69. The molecule has 0 unspecified atom stereocenters. The first-order chi connectivity index (χ1) is 14.5. The van der Waals surface area contributed by atoms with E-state index < -0.39 is 12.1 Å². The van der Waals surface area contributed by atoms with Gasteiger partial charge in [0, 0.05) is 21.5 Å². The van der Waals surface area contributed by atoms with Crippen LogP contribution in [-0.2, 0) is 4.74 Å². The van der Waals surface area contributed by atoms with Crippen LogP contribution in [0.4, 0.5) is 0 Å². The maximum atomic E-state index is 13.0. The molecule has 0 spiro atoms. The third kappa shape index (κ3) is 4.09. The van der Waals surface area contributed by atoms with Crippen molar-refractivity contribution >= 4 is 34.3 Å². The number of benzene rings is 3. The minimum Gasteiger partial charge on any atom is -0.451 e. The van der Waals surface area contributed by atoms with Gasteiger partial charge >= 0.3 is 5.97 Å². The van der Waals surface area contributed by atoms with Gasteiger partial charge < -0.3 is 4.74 Å². The molecule has 0 radical (unpaired) electrons. The highest BCUT2D eigenvalue weighted by Crippen LogP contribution is 2.27. The van der Waals surface area contributed by atoms with Gasteiger partial charge in [0.05, 0.1) is 16.8 Å². The van der Waals surface area contributed by atoms with Gasteiger partial charge in [0.1, 0.15) is 0 Å². The van der Waals surface area contributed by atoms with E-state index in [1.54, 1.807) is 49.4 Å². The molecule has 148 valence electrons. The number of hydrogen-bond donors (Lipinski definition) is 0. The molecule has 0 saturated heterocycles. The fourth-order valence-corrected chi connectivity index (χ4v) is 3.35. The Hall–Kier alpha value is -3.50. The van der Waals surface area contributed by atoms with Gasteiger partial charge in [-0.1, -0.05) is 72.3 Å². The number of hydrogen-bond acceptors (Lipinski definition) is 4. The maximum absolute atomic E-state index is 13.0. The molecule has 0 bridgehead atoms. The van der Waals surface area contributed by atoms with Crippen LogP contribution in [0.1, 0.15) is 27.6 Å². The van der Waals surface area contributed by atoms with E-state index in [2.05, 4.69) is 4.98 Å². The van der Waals surface area contributed by atoms with Gasteiger partial charge in [0.2, 0.25) is 5.78 Å². The van der Waals surface area contributed by atoms with E-state index in [0.717, 1.165) is 5.56 Å². The Kier molecular flexibility index (Phi) is 5.59. The van der Waals surface area contributed by atoms with E-state index in [0.29, 0.717) is 32.7 Å². The lowest BCUT2D eigenvalue weighted by molar-refractivity contribution is 0.0320. The second kappa shape index (κ2) is 8.47. The number of aromatic nitrogens is 1. The smallest absolute Gasteiger partial charge is 0.339 e. The van der Waals surface area contributed by atoms with Crippen LogP contribution in [0.5, 0.6) is 0 Å². The standard InChI is InChI=1S/C25H18ClNO3/c1-16(24(28)18-7-3-2-4-8-18)30-25(29)21-15-23(17-11-13-19(26)14-12-17)27-22-10-6-5-9-20(21)22/h2-16H,1H3/t16-/m1/s1. The number of para-hydroxylation sites is 1. The summed E-state index contributed by atoms with van der Waals surface area (Å²) in [6.45, 7) is 1.58. The molecule has 30 heavy (non-hydrogen) atoms. The maximum Gasteiger partial charge on any atom is 0.339 e. The van der Waals surface area contributed by atoms with Crippen molar-refractivity contribution in [3.8, 4) is 11.3 Å². The monoisotopic (exact) mass is 415 g/mol. The first-order valence-electron chi connectivity index (χ1n) is 9.49. The average Bonchev–Trinajstić information content (AvgIpc) is 2.78. The van der Waals surface area contributed by atoms with Crippen LogP contribution in [-0.4, -0.2) is 22.8 Å². The molecule has 0 amide bonds. The van der Waals surface area contributed by atoms with Crippen molar-refractivity contribution in [1.82, 2.24) is 4.98 Å². The molecule has 5 heteroatoms. The van der Waals surface area contributed by atoms with Gasteiger partial charge in [0.25, 0.3) is 0 Å². The highest BCUT2D eigenvalue weighted by Gasteiger charge is 2.22. The van der Waals surface area contributed by atoms with E-state index in [4.69, 9.17) is 16.3 Å². The summed E-state index contributed by atoms with van der Waals surface area (Å²) in [5, 5.41) is 1.28. The summed E-state index contributed by atoms with van der Waals surface area (Å²) in [7, 11) is 0. The summed E-state index contributed by atoms with van der Waals surface area (Å²) in [5.41, 5.74) is 2.98. The van der Waals surface area contributed by atoms with Crippen LogP contribution in [0.15, 0.2) is 84.9 Å². The van der Waals surface area contributed by atoms with Crippen LogP contribution < -0.4 is 0 Å². The number of esters is 1. The molecule has 4 aromatic rings. The Morgan fingerprint density at radius 3 is 2.30 bits per heavy atom. The molecule has 1 atom stereocenters. The summed E-state index contributed by atoms with van der Waals surface area (Å²) in [6, 6.07) is 25.0. The SMILES string of the molecule is C[C@@H](OC(=O)c1cc(-c2ccc(Cl)cc2)nc2ccccc12)C(=O)c1ccccc1. The number of carbonyl (C=O) groups is 2. The number of pyridine rings is 1. The molecule has 0 fully saturated rings. The molecule has 0 aliphatic heterocycles. The third-order valence-electron chi connectivity index (χ3n) is 4.79. The van der Waals surface area contributed by atoms with Gasteiger partial charge in [-0.2, -0.15) is 0 Å². The van der Waals surface area contributed by atoms with E-state index >= 15 is 0 Å². The molecule has 0 saturated carbocycles. The summed E-state index contributed by atoms with van der Waals surface area (Å²) >= 11 is 5.99. The van der Waals surface area contributed by atoms with Gasteiger partial charge in [-0.05, 0) is 31.2 Å². The zero-order valence-electron chi connectivity index (χ0n) is 16.2. The quantitative estimate of drug-likeness (QED) is 0.297. The minimum absolute atomic E-state index is 0.250. The van der Waals surface area contributed by atoms with Crippen LogP contribution >= 0.6 is 11.6 Å². The predicted molar refractivity (Wildman–Crippen MR) is 118 cm³/mol. The van der Waals surface area contributed by atoms with E-state index in [1.165, 1.54) is 0 Å². The summed E-state index contributed by atoms with van der Waals surface area (Å²) in [4.78, 5) is 30.3. The number of nitrogens with zero attached hydrogens (tertiary/aromatic N) is 1. The largest absolute Gasteiger partial charge is 0.451 e. The van der Waals surface area contributed by atoms with E-state index in [9.17, 15) is 9.59 Å². The van der Waals surface area contributed by atoms with Crippen LogP contribution in [0.3, 0.4) is 0 Å². The number of ether oxygens (including phenoxy) is 1. The van der Waals surface area contributed by atoms with Crippen molar-refractivity contribution in [2.75, 3.05) is 0 Å². The summed E-state index contributed by atoms with van der Waals surface area (Å²) in [5.74, 6) is -0.819. The molecule has 1 aromatic heterocycles. The highest BCUT2D eigenvalue weighted by molar-refractivity contribution is 6.30. The van der Waals surface area contributed by atoms with Crippen molar-refractivity contribution in [3.63, 3.8) is 0 Å². The fraction of sp³-hybridized carbons (Fsp3) is 0.0800. The van der Waals surface area contributed by atoms with Gasteiger partial charge in [-0.3, -0.25) is 4.79 Å². The van der Waals surface area contributed by atoms with Crippen molar-refractivity contribution < 1.29 is 14.3 Å². The predicted octanol–water partition coefficient (Wildman–Crippen LogP) is 5.98. The number of ketones is 1. The lowest BCUT2D eigenvalue weighted by atomic mass is 10.0. The molecule has 0 aliphatic rings. The minimum atomic E-state index is -0.911. The number of Topliss-reactive ketones (excluding diaryl/α,β-unsaturated/α-hetero) is 1. The number of halogens is 1. The van der Waals surface area contributed by atoms with Crippen LogP contribution in [0.2, 0.25) is 5.02 Å². The number of rotatable bonds is 5. The van der Waals surface area contributed by atoms with Crippen LogP contribution in [0, 0.1) is 0 Å². The lowest BCUT2D eigenvalue weighted by Crippen LogP contribution is -2.24. The second-order valence-corrected chi connectivity index (χ2v) is 7.29. The molecular weight excluding hydrogens is 398 g/mol. The zero-order chi connectivity index (χ0) is 21.1. The Morgan fingerprint density at radius 2 is 1.57 bits per heavy atom. The first-order valence-corrected chi connectivity index (χ1v) is 9.87. The molecule has 4 nitrogen and oxygen atoms in total. The summed E-state index contributed by atoms with van der Waals surface area (Å²) < 4.78 is 5.53. The van der Waals surface area contributed by atoms with Crippen molar-refractivity contribution in [3.05, 3.63) is 101 Å². The van der Waals surface area contributed by atoms with Gasteiger partial charge in [-0.25, -0.2) is 9.78 Å². The summed E-state index contributed by atoms with van der Waals surface area (Å²) in [6.07, 6.45) is -0.911. The molecule has 1 heterocycles. The van der Waals surface area contributed by atoms with Gasteiger partial charge in [-0.15, -0.1) is 0 Å². The third-order valence-corrected chi connectivity index (χ3v) is 5.04. The van der Waals surface area contributed by atoms with Crippen molar-refractivity contribution in [2.24, 2.45) is 0 Å². The second-order valence-electron chi connectivity index (χ2n) is 6.86. The van der Waals surface area contributed by atoms with Crippen molar-refractivity contribution in [1.29, 1.82) is 0 Å². The van der Waals surface area contributed by atoms with E-state index in [1.807, 2.05) is 42.5 Å². The van der Waals surface area contributed by atoms with Gasteiger partial charge in [0.15, 0.2) is 6.10 Å². The fourth-order valence-electron chi connectivity index (χ4n) is 3.23. The average molecular weight is 416 g/mol. The lowest BCUT2D eigenvalue weighted by Gasteiger charge is -2.14. The molecule has 0 aliphatic carbocycles. The molecular formula is C25H18ClNO3. The Labute approximate surface area is 179 Å². The number of fused-ring (bicyclic) bond motifs is 1. The molecule has 4 rings (SSSR count). The normalized spacial score (nSPS) is 11.8. The van der Waals surface area contributed by atoms with E-state index in [-0.39, 0.29) is 5.78 Å². The molecule has 0 N–H and O–H groups in total. The Bertz CT molecular complexity index is 1220. The van der Waals surface area contributed by atoms with Crippen molar-refractivity contribution in [2.45, 2.75) is 13.0 Å². The zero-order valence-corrected chi connectivity index (χ0v) is 17.0. The Morgan fingerprint density at radius 1 is 0.900 bits per heavy atom. The first kappa shape index (κ1) is 19.8. The topological polar surface area (TPSA) is 56.3 Å². The molecule has 3 aromatic carbocycles. The number of carbonyl (C=O) groups excluding carboxylic acids is 2.